The van der Waals surface area contributed by atoms with Gasteiger partial charge in [-0.15, -0.1) is 0 Å². The Balaban J connectivity index is 1.67. The van der Waals surface area contributed by atoms with E-state index in [0.717, 1.165) is 51.1 Å². The first-order chi connectivity index (χ1) is 10.3. The third-order valence-corrected chi connectivity index (χ3v) is 4.59. The van der Waals surface area contributed by atoms with Gasteiger partial charge in [0.1, 0.15) is 0 Å². The number of rotatable bonds is 5. The van der Waals surface area contributed by atoms with E-state index in [1.165, 1.54) is 5.56 Å². The highest BCUT2D eigenvalue weighted by atomic mass is 16.2. The van der Waals surface area contributed by atoms with Crippen molar-refractivity contribution in [3.63, 3.8) is 0 Å². The molecule has 0 aliphatic carbocycles. The molecule has 1 aromatic carbocycles. The van der Waals surface area contributed by atoms with Crippen molar-refractivity contribution >= 4 is 11.6 Å². The van der Waals surface area contributed by atoms with Crippen LogP contribution in [0.1, 0.15) is 25.3 Å². The number of anilines is 1. The van der Waals surface area contributed by atoms with Crippen molar-refractivity contribution in [2.24, 2.45) is 0 Å². The number of nitrogens with zero attached hydrogens (tertiary/aromatic N) is 2. The van der Waals surface area contributed by atoms with Crippen LogP contribution in [0.15, 0.2) is 24.3 Å². The number of benzene rings is 1. The van der Waals surface area contributed by atoms with Crippen LogP contribution < -0.4 is 10.2 Å². The Labute approximate surface area is 127 Å². The zero-order chi connectivity index (χ0) is 14.7. The first kappa shape index (κ1) is 14.5. The maximum atomic E-state index is 12.7. The molecule has 0 saturated carbocycles. The summed E-state index contributed by atoms with van der Waals surface area (Å²) in [5, 5.41) is 3.40. The molecule has 3 rings (SSSR count). The summed E-state index contributed by atoms with van der Waals surface area (Å²) in [6, 6.07) is 8.80. The fraction of sp³-hybridized carbons (Fsp3) is 0.588. The van der Waals surface area contributed by atoms with Gasteiger partial charge in [-0.05, 0) is 44.0 Å². The minimum Gasteiger partial charge on any atom is -0.315 e. The Morgan fingerprint density at radius 3 is 3.05 bits per heavy atom. The number of hydrogen-bond acceptors (Lipinski definition) is 3. The molecule has 4 nitrogen and oxygen atoms in total. The SMILES string of the molecule is CCCN(CC(=O)N1CCc2ccccc21)C1CCNC1. The molecule has 0 radical (unpaired) electrons. The predicted octanol–water partition coefficient (Wildman–Crippen LogP) is 1.65. The lowest BCUT2D eigenvalue weighted by atomic mass is 10.2. The van der Waals surface area contributed by atoms with Gasteiger partial charge in [-0.1, -0.05) is 25.1 Å². The standard InChI is InChI=1S/C17H25N3O/c1-2-10-19(15-7-9-18-12-15)13-17(21)20-11-8-14-5-3-4-6-16(14)20/h3-6,15,18H,2,7-13H2,1H3. The van der Waals surface area contributed by atoms with Gasteiger partial charge >= 0.3 is 0 Å². The number of hydrogen-bond donors (Lipinski definition) is 1. The fourth-order valence-electron chi connectivity index (χ4n) is 3.49. The maximum absolute atomic E-state index is 12.7. The smallest absolute Gasteiger partial charge is 0.241 e. The van der Waals surface area contributed by atoms with Gasteiger partial charge in [0.05, 0.1) is 6.54 Å². The zero-order valence-electron chi connectivity index (χ0n) is 12.8. The van der Waals surface area contributed by atoms with E-state index in [4.69, 9.17) is 0 Å². The van der Waals surface area contributed by atoms with Gasteiger partial charge in [-0.3, -0.25) is 9.69 Å². The fourth-order valence-corrected chi connectivity index (χ4v) is 3.49. The molecule has 2 heterocycles. The lowest BCUT2D eigenvalue weighted by molar-refractivity contribution is -0.120. The summed E-state index contributed by atoms with van der Waals surface area (Å²) in [7, 11) is 0. The Hall–Kier alpha value is -1.39. The molecule has 1 aromatic rings. The molecule has 1 amide bonds. The van der Waals surface area contributed by atoms with Gasteiger partial charge in [0.25, 0.3) is 0 Å². The van der Waals surface area contributed by atoms with Crippen LogP contribution in [0.4, 0.5) is 5.69 Å². The third kappa shape index (κ3) is 3.11. The number of fused-ring (bicyclic) bond motifs is 1. The lowest BCUT2D eigenvalue weighted by Gasteiger charge is -2.29. The molecule has 2 aliphatic rings. The highest BCUT2D eigenvalue weighted by Crippen LogP contribution is 2.27. The average Bonchev–Trinajstić information content (AvgIpc) is 3.16. The van der Waals surface area contributed by atoms with Crippen molar-refractivity contribution in [1.82, 2.24) is 10.2 Å². The number of amides is 1. The normalized spacial score (nSPS) is 21.0. The van der Waals surface area contributed by atoms with Crippen LogP contribution in [-0.4, -0.2) is 49.6 Å². The van der Waals surface area contributed by atoms with Crippen molar-refractivity contribution in [1.29, 1.82) is 0 Å². The molecule has 4 heteroatoms. The van der Waals surface area contributed by atoms with Crippen LogP contribution in [0.5, 0.6) is 0 Å². The van der Waals surface area contributed by atoms with Crippen molar-refractivity contribution in [2.75, 3.05) is 37.6 Å². The Kier molecular flexibility index (Phi) is 4.56. The monoisotopic (exact) mass is 287 g/mol. The van der Waals surface area contributed by atoms with Crippen molar-refractivity contribution in [3.8, 4) is 0 Å². The van der Waals surface area contributed by atoms with Crippen molar-refractivity contribution in [2.45, 2.75) is 32.2 Å². The zero-order valence-corrected chi connectivity index (χ0v) is 12.8. The van der Waals surface area contributed by atoms with Crippen LogP contribution in [0.25, 0.3) is 0 Å². The summed E-state index contributed by atoms with van der Waals surface area (Å²) in [5.41, 5.74) is 2.42. The molecule has 0 bridgehead atoms. The lowest BCUT2D eigenvalue weighted by Crippen LogP contribution is -2.45. The number of nitrogens with one attached hydrogen (secondary N) is 1. The molecule has 0 spiro atoms. The van der Waals surface area contributed by atoms with Crippen LogP contribution in [-0.2, 0) is 11.2 Å². The van der Waals surface area contributed by atoms with E-state index in [1.807, 2.05) is 11.0 Å². The summed E-state index contributed by atoms with van der Waals surface area (Å²) in [5.74, 6) is 0.250. The molecule has 2 aliphatic heterocycles. The second-order valence-electron chi connectivity index (χ2n) is 6.04. The number of carbonyl (C=O) groups is 1. The van der Waals surface area contributed by atoms with Gasteiger partial charge in [0.2, 0.25) is 5.91 Å². The van der Waals surface area contributed by atoms with E-state index in [1.54, 1.807) is 0 Å². The van der Waals surface area contributed by atoms with Crippen LogP contribution in [0.3, 0.4) is 0 Å². The van der Waals surface area contributed by atoms with E-state index < -0.39 is 0 Å². The van der Waals surface area contributed by atoms with Crippen LogP contribution in [0, 0.1) is 0 Å². The molecule has 1 fully saturated rings. The first-order valence-electron chi connectivity index (χ1n) is 8.12. The van der Waals surface area contributed by atoms with Gasteiger partial charge in [-0.2, -0.15) is 0 Å². The molecule has 21 heavy (non-hydrogen) atoms. The molecule has 1 unspecified atom stereocenters. The minimum atomic E-state index is 0.250. The molecule has 114 valence electrons. The second kappa shape index (κ2) is 6.58. The molecule has 1 atom stereocenters. The quantitative estimate of drug-likeness (QED) is 0.894. The molecular formula is C17H25N3O. The Bertz CT molecular complexity index is 497. The van der Waals surface area contributed by atoms with Gasteiger partial charge in [-0.25, -0.2) is 0 Å². The van der Waals surface area contributed by atoms with Crippen LogP contribution in [0.2, 0.25) is 0 Å². The molecule has 0 aromatic heterocycles. The van der Waals surface area contributed by atoms with Crippen LogP contribution >= 0.6 is 0 Å². The van der Waals surface area contributed by atoms with Crippen molar-refractivity contribution in [3.05, 3.63) is 29.8 Å². The van der Waals surface area contributed by atoms with Gasteiger partial charge in [0, 0.05) is 24.8 Å². The first-order valence-corrected chi connectivity index (χ1v) is 8.12. The third-order valence-electron chi connectivity index (χ3n) is 4.59. The molecular weight excluding hydrogens is 262 g/mol. The highest BCUT2D eigenvalue weighted by molar-refractivity contribution is 5.96. The minimum absolute atomic E-state index is 0.250. The largest absolute Gasteiger partial charge is 0.315 e. The van der Waals surface area contributed by atoms with Gasteiger partial charge < -0.3 is 10.2 Å². The second-order valence-corrected chi connectivity index (χ2v) is 6.04. The topological polar surface area (TPSA) is 35.6 Å². The predicted molar refractivity (Wildman–Crippen MR) is 85.6 cm³/mol. The summed E-state index contributed by atoms with van der Waals surface area (Å²) in [6.07, 6.45) is 3.24. The van der Waals surface area contributed by atoms with E-state index in [-0.39, 0.29) is 5.91 Å². The highest BCUT2D eigenvalue weighted by Gasteiger charge is 2.28. The molecule has 1 N–H and O–H groups in total. The number of para-hydroxylation sites is 1. The summed E-state index contributed by atoms with van der Waals surface area (Å²) in [4.78, 5) is 17.1. The Morgan fingerprint density at radius 2 is 2.29 bits per heavy atom. The van der Waals surface area contributed by atoms with E-state index in [2.05, 4.69) is 35.3 Å². The molecule has 1 saturated heterocycles. The average molecular weight is 287 g/mol. The van der Waals surface area contributed by atoms with Crippen molar-refractivity contribution < 1.29 is 4.79 Å². The number of carbonyl (C=O) groups excluding carboxylic acids is 1. The van der Waals surface area contributed by atoms with E-state index >= 15 is 0 Å². The summed E-state index contributed by atoms with van der Waals surface area (Å²) in [6.45, 7) is 6.67. The Morgan fingerprint density at radius 1 is 1.43 bits per heavy atom. The van der Waals surface area contributed by atoms with E-state index in [9.17, 15) is 4.79 Å². The maximum Gasteiger partial charge on any atom is 0.241 e. The summed E-state index contributed by atoms with van der Waals surface area (Å²) < 4.78 is 0. The van der Waals surface area contributed by atoms with E-state index in [0.29, 0.717) is 12.6 Å². The summed E-state index contributed by atoms with van der Waals surface area (Å²) >= 11 is 0. The van der Waals surface area contributed by atoms with Gasteiger partial charge in [0.15, 0.2) is 0 Å².